The molecule has 0 atom stereocenters. The number of nitrogens with zero attached hydrogens (tertiary/aromatic N) is 2. The van der Waals surface area contributed by atoms with Crippen LogP contribution >= 0.6 is 11.6 Å². The Labute approximate surface area is 116 Å². The number of hydrogen-bond acceptors (Lipinski definition) is 2. The molecule has 3 nitrogen and oxygen atoms in total. The second-order valence-electron chi connectivity index (χ2n) is 4.53. The lowest BCUT2D eigenvalue weighted by molar-refractivity contribution is 0.0989. The van der Waals surface area contributed by atoms with Crippen LogP contribution in [-0.4, -0.2) is 15.6 Å². The lowest BCUT2D eigenvalue weighted by atomic mass is 10.0. The van der Waals surface area contributed by atoms with Crippen LogP contribution in [0.2, 0.25) is 5.02 Å². The van der Waals surface area contributed by atoms with E-state index in [9.17, 15) is 9.18 Å². The summed E-state index contributed by atoms with van der Waals surface area (Å²) in [7, 11) is 1.74. The molecule has 0 bridgehead atoms. The minimum absolute atomic E-state index is 0.112. The van der Waals surface area contributed by atoms with Crippen molar-refractivity contribution < 1.29 is 9.18 Å². The van der Waals surface area contributed by atoms with Crippen LogP contribution in [0.3, 0.4) is 0 Å². The fraction of sp³-hybridized carbons (Fsp3) is 0.286. The van der Waals surface area contributed by atoms with E-state index in [-0.39, 0.29) is 12.2 Å². The molecule has 19 heavy (non-hydrogen) atoms. The molecule has 0 unspecified atom stereocenters. The van der Waals surface area contributed by atoms with Gasteiger partial charge in [0.25, 0.3) is 0 Å². The van der Waals surface area contributed by atoms with Gasteiger partial charge in [0.15, 0.2) is 5.78 Å². The number of carbonyl (C=O) groups is 1. The highest BCUT2D eigenvalue weighted by molar-refractivity contribution is 6.32. The predicted molar refractivity (Wildman–Crippen MR) is 72.1 cm³/mol. The summed E-state index contributed by atoms with van der Waals surface area (Å²) in [5.74, 6) is -0.580. The van der Waals surface area contributed by atoms with Gasteiger partial charge in [0.2, 0.25) is 0 Å². The zero-order valence-electron chi connectivity index (χ0n) is 11.0. The summed E-state index contributed by atoms with van der Waals surface area (Å²) in [5.41, 5.74) is 2.46. The average Bonchev–Trinajstić information content (AvgIpc) is 2.59. The summed E-state index contributed by atoms with van der Waals surface area (Å²) >= 11 is 6.11. The highest BCUT2D eigenvalue weighted by Gasteiger charge is 2.17. The second-order valence-corrected chi connectivity index (χ2v) is 4.91. The highest BCUT2D eigenvalue weighted by atomic mass is 35.5. The second kappa shape index (κ2) is 5.13. The molecule has 0 radical (unpaired) electrons. The van der Waals surface area contributed by atoms with E-state index in [0.717, 1.165) is 5.56 Å². The Kier molecular flexibility index (Phi) is 3.71. The van der Waals surface area contributed by atoms with Gasteiger partial charge in [-0.2, -0.15) is 5.10 Å². The fourth-order valence-electron chi connectivity index (χ4n) is 2.01. The van der Waals surface area contributed by atoms with Gasteiger partial charge >= 0.3 is 0 Å². The zero-order valence-corrected chi connectivity index (χ0v) is 11.8. The highest BCUT2D eigenvalue weighted by Crippen LogP contribution is 2.22. The molecule has 0 fully saturated rings. The van der Waals surface area contributed by atoms with Gasteiger partial charge in [0, 0.05) is 12.6 Å². The molecule has 2 rings (SSSR count). The molecular formula is C14H14ClFN2O. The van der Waals surface area contributed by atoms with E-state index < -0.39 is 5.82 Å². The molecular weight excluding hydrogens is 267 g/mol. The first-order valence-corrected chi connectivity index (χ1v) is 6.25. The number of hydrogen-bond donors (Lipinski definition) is 0. The molecule has 0 saturated heterocycles. The van der Waals surface area contributed by atoms with E-state index in [1.165, 1.54) is 12.1 Å². The minimum atomic E-state index is -0.416. The van der Waals surface area contributed by atoms with E-state index in [1.807, 2.05) is 0 Å². The summed E-state index contributed by atoms with van der Waals surface area (Å²) in [6.07, 6.45) is 0.112. The predicted octanol–water partition coefficient (Wildman–Crippen LogP) is 3.25. The van der Waals surface area contributed by atoms with Crippen LogP contribution in [0.25, 0.3) is 0 Å². The molecule has 0 spiro atoms. The lowest BCUT2D eigenvalue weighted by Gasteiger charge is -2.06. The number of aryl methyl sites for hydroxylation is 3. The van der Waals surface area contributed by atoms with Crippen LogP contribution in [0.4, 0.5) is 4.39 Å². The Hall–Kier alpha value is -1.68. The number of aromatic nitrogens is 2. The van der Waals surface area contributed by atoms with E-state index in [2.05, 4.69) is 5.10 Å². The molecule has 0 aliphatic heterocycles. The Balaban J connectivity index is 2.33. The third kappa shape index (κ3) is 2.68. The average molecular weight is 281 g/mol. The first-order valence-electron chi connectivity index (χ1n) is 5.87. The smallest absolute Gasteiger partial charge is 0.169 e. The standard InChI is InChI=1S/C14H14ClFN2O/c1-8-4-5-10(16)6-11(8)13(19)7-12-14(15)9(2)17-18(12)3/h4-6H,7H2,1-3H3. The van der Waals surface area contributed by atoms with Crippen LogP contribution in [0, 0.1) is 19.7 Å². The van der Waals surface area contributed by atoms with Gasteiger partial charge in [-0.05, 0) is 31.5 Å². The molecule has 0 amide bonds. The van der Waals surface area contributed by atoms with E-state index >= 15 is 0 Å². The number of halogens is 2. The van der Waals surface area contributed by atoms with Crippen molar-refractivity contribution in [2.24, 2.45) is 7.05 Å². The van der Waals surface area contributed by atoms with Crippen molar-refractivity contribution in [1.29, 1.82) is 0 Å². The fourth-order valence-corrected chi connectivity index (χ4v) is 2.24. The largest absolute Gasteiger partial charge is 0.294 e. The summed E-state index contributed by atoms with van der Waals surface area (Å²) in [4.78, 5) is 12.2. The lowest BCUT2D eigenvalue weighted by Crippen LogP contribution is -2.10. The zero-order chi connectivity index (χ0) is 14.2. The maximum absolute atomic E-state index is 13.2. The van der Waals surface area contributed by atoms with Crippen molar-refractivity contribution >= 4 is 17.4 Å². The van der Waals surface area contributed by atoms with Crippen molar-refractivity contribution in [1.82, 2.24) is 9.78 Å². The number of rotatable bonds is 3. The molecule has 5 heteroatoms. The third-order valence-electron chi connectivity index (χ3n) is 3.09. The van der Waals surface area contributed by atoms with E-state index in [4.69, 9.17) is 11.6 Å². The minimum Gasteiger partial charge on any atom is -0.294 e. The van der Waals surface area contributed by atoms with Crippen LogP contribution in [0.15, 0.2) is 18.2 Å². The molecule has 1 aromatic carbocycles. The molecule has 0 saturated carbocycles. The Morgan fingerprint density at radius 1 is 1.42 bits per heavy atom. The Morgan fingerprint density at radius 2 is 2.11 bits per heavy atom. The van der Waals surface area contributed by atoms with Crippen LogP contribution < -0.4 is 0 Å². The molecule has 0 aliphatic rings. The number of benzene rings is 1. The van der Waals surface area contributed by atoms with Crippen molar-refractivity contribution in [3.8, 4) is 0 Å². The molecule has 1 heterocycles. The number of ketones is 1. The van der Waals surface area contributed by atoms with Crippen LogP contribution in [-0.2, 0) is 13.5 Å². The maximum atomic E-state index is 13.2. The van der Waals surface area contributed by atoms with Crippen LogP contribution in [0.1, 0.15) is 27.3 Å². The van der Waals surface area contributed by atoms with Crippen molar-refractivity contribution in [3.05, 3.63) is 51.6 Å². The van der Waals surface area contributed by atoms with Gasteiger partial charge in [-0.1, -0.05) is 17.7 Å². The molecule has 0 aliphatic carbocycles. The normalized spacial score (nSPS) is 10.8. The maximum Gasteiger partial charge on any atom is 0.169 e. The van der Waals surface area contributed by atoms with Gasteiger partial charge < -0.3 is 0 Å². The summed E-state index contributed by atoms with van der Waals surface area (Å²) in [6, 6.07) is 4.20. The number of Topliss-reactive ketones (excluding diaryl/α,β-unsaturated/α-hetero) is 1. The van der Waals surface area contributed by atoms with Crippen molar-refractivity contribution in [2.75, 3.05) is 0 Å². The Bertz CT molecular complexity index is 649. The Morgan fingerprint density at radius 3 is 2.68 bits per heavy atom. The van der Waals surface area contributed by atoms with Crippen molar-refractivity contribution in [3.63, 3.8) is 0 Å². The first-order chi connectivity index (χ1) is 8.90. The quantitative estimate of drug-likeness (QED) is 0.809. The van der Waals surface area contributed by atoms with E-state index in [1.54, 1.807) is 31.6 Å². The molecule has 0 N–H and O–H groups in total. The summed E-state index contributed by atoms with van der Waals surface area (Å²) < 4.78 is 14.8. The first kappa shape index (κ1) is 13.7. The third-order valence-corrected chi connectivity index (χ3v) is 3.58. The molecule has 100 valence electrons. The van der Waals surface area contributed by atoms with Gasteiger partial charge in [-0.3, -0.25) is 9.48 Å². The summed E-state index contributed by atoms with van der Waals surface area (Å²) in [5, 5.41) is 4.65. The number of carbonyl (C=O) groups excluding carboxylic acids is 1. The van der Waals surface area contributed by atoms with E-state index in [0.29, 0.717) is 22.0 Å². The topological polar surface area (TPSA) is 34.9 Å². The SMILES string of the molecule is Cc1ccc(F)cc1C(=O)Cc1c(Cl)c(C)nn1C. The monoisotopic (exact) mass is 280 g/mol. The molecule has 2 aromatic rings. The summed E-state index contributed by atoms with van der Waals surface area (Å²) in [6.45, 7) is 3.56. The van der Waals surface area contributed by atoms with Gasteiger partial charge in [-0.15, -0.1) is 0 Å². The van der Waals surface area contributed by atoms with Gasteiger partial charge in [0.05, 0.1) is 22.8 Å². The van der Waals surface area contributed by atoms with Crippen LogP contribution in [0.5, 0.6) is 0 Å². The van der Waals surface area contributed by atoms with Crippen molar-refractivity contribution in [2.45, 2.75) is 20.3 Å². The molecule has 1 aromatic heterocycles. The van der Waals surface area contributed by atoms with Gasteiger partial charge in [0.1, 0.15) is 5.82 Å². The van der Waals surface area contributed by atoms with Gasteiger partial charge in [-0.25, -0.2) is 4.39 Å².